The van der Waals surface area contributed by atoms with Gasteiger partial charge in [-0.2, -0.15) is 5.10 Å². The Balaban J connectivity index is 1.05. The van der Waals surface area contributed by atoms with Gasteiger partial charge in [0, 0.05) is 65.2 Å². The maximum Gasteiger partial charge on any atom is 0.306 e. The average Bonchev–Trinajstić information content (AvgIpc) is 3.77. The number of carbonyl (C=O) groups is 2. The van der Waals surface area contributed by atoms with E-state index in [-0.39, 0.29) is 23.9 Å². The number of rotatable bonds is 13. The molecule has 1 atom stereocenters. The molecule has 0 unspecified atom stereocenters. The minimum atomic E-state index is -0.696. The Labute approximate surface area is 313 Å². The van der Waals surface area contributed by atoms with E-state index < -0.39 is 5.97 Å². The predicted molar refractivity (Wildman–Crippen MR) is 206 cm³/mol. The largest absolute Gasteiger partial charge is 0.496 e. The van der Waals surface area contributed by atoms with Crippen LogP contribution in [0.3, 0.4) is 0 Å². The van der Waals surface area contributed by atoms with Crippen LogP contribution in [0.15, 0.2) is 79.0 Å². The first kappa shape index (κ1) is 36.0. The van der Waals surface area contributed by atoms with Crippen molar-refractivity contribution in [3.8, 4) is 28.0 Å². The number of amides is 1. The second kappa shape index (κ2) is 16.1. The molecule has 52 heavy (non-hydrogen) atoms. The number of carboxylic acid groups (broad SMARTS) is 1. The number of methoxy groups -OCH3 is 1. The quantitative estimate of drug-likeness (QED) is 0.0973. The van der Waals surface area contributed by atoms with Gasteiger partial charge in [-0.1, -0.05) is 77.8 Å². The van der Waals surface area contributed by atoms with Gasteiger partial charge in [-0.3, -0.25) is 14.3 Å². The summed E-state index contributed by atoms with van der Waals surface area (Å²) in [7, 11) is 1.66. The van der Waals surface area contributed by atoms with Crippen LogP contribution in [-0.4, -0.2) is 52.5 Å². The summed E-state index contributed by atoms with van der Waals surface area (Å²) in [5.74, 6) is -0.0585. The van der Waals surface area contributed by atoms with E-state index in [0.29, 0.717) is 42.4 Å². The van der Waals surface area contributed by atoms with Gasteiger partial charge in [0.2, 0.25) is 5.91 Å². The molecule has 7 rings (SSSR count). The lowest BCUT2D eigenvalue weighted by Gasteiger charge is -2.27. The van der Waals surface area contributed by atoms with Gasteiger partial charge in [0.05, 0.1) is 36.3 Å². The number of benzene rings is 4. The molecule has 1 aliphatic carbocycles. The molecule has 5 aromatic rings. The van der Waals surface area contributed by atoms with Crippen LogP contribution in [0.2, 0.25) is 10.0 Å². The van der Waals surface area contributed by atoms with E-state index in [2.05, 4.69) is 52.3 Å². The molecule has 2 aliphatic rings. The Kier molecular flexibility index (Phi) is 11.1. The van der Waals surface area contributed by atoms with Crippen LogP contribution in [0.1, 0.15) is 55.2 Å². The predicted octanol–water partition coefficient (Wildman–Crippen LogP) is 7.84. The third-order valence-electron chi connectivity index (χ3n) is 10.5. The maximum atomic E-state index is 11.5. The normalized spacial score (nSPS) is 18.8. The van der Waals surface area contributed by atoms with Gasteiger partial charge in [0.25, 0.3) is 0 Å². The maximum absolute atomic E-state index is 11.5. The molecule has 1 saturated heterocycles. The van der Waals surface area contributed by atoms with Crippen molar-refractivity contribution in [1.29, 1.82) is 0 Å². The average molecular weight is 741 g/mol. The summed E-state index contributed by atoms with van der Waals surface area (Å²) in [4.78, 5) is 22.8. The number of carboxylic acids is 1. The van der Waals surface area contributed by atoms with Crippen molar-refractivity contribution in [2.24, 2.45) is 5.92 Å². The summed E-state index contributed by atoms with van der Waals surface area (Å²) < 4.78 is 7.73. The highest BCUT2D eigenvalue weighted by Gasteiger charge is 2.26. The lowest BCUT2D eigenvalue weighted by Crippen LogP contribution is -2.35. The molecular formula is C41H43Cl2N5O4. The summed E-state index contributed by atoms with van der Waals surface area (Å²) in [6.07, 6.45) is 6.44. The number of aliphatic carboxylic acids is 1. The van der Waals surface area contributed by atoms with Gasteiger partial charge in [-0.25, -0.2) is 0 Å². The first-order valence-corrected chi connectivity index (χ1v) is 18.7. The number of nitrogens with one attached hydrogen (secondary N) is 3. The monoisotopic (exact) mass is 739 g/mol. The summed E-state index contributed by atoms with van der Waals surface area (Å²) in [5.41, 5.74) is 7.90. The fourth-order valence-electron chi connectivity index (χ4n) is 7.50. The minimum Gasteiger partial charge on any atom is -0.496 e. The van der Waals surface area contributed by atoms with E-state index in [9.17, 15) is 14.7 Å². The van der Waals surface area contributed by atoms with Crippen molar-refractivity contribution >= 4 is 46.0 Å². The molecule has 4 aromatic carbocycles. The van der Waals surface area contributed by atoms with Gasteiger partial charge in [0.15, 0.2) is 0 Å². The Bertz CT molecular complexity index is 2070. The molecule has 1 aliphatic heterocycles. The molecule has 270 valence electrons. The van der Waals surface area contributed by atoms with Gasteiger partial charge in [-0.05, 0) is 72.6 Å². The first-order chi connectivity index (χ1) is 25.3. The third kappa shape index (κ3) is 7.98. The standard InChI is InChI=1S/C41H43Cl2N5O4/c1-52-38-19-29(36(42)18-28(38)21-45-30-14-12-27(13-15-30)41(50)51)24-48-37-7-3-5-33(35(37)23-46-48)34-6-2-4-32(40(34)43)26-10-8-25(9-11-26)20-44-22-31-16-17-39(49)47-31/h2-11,18-19,23,27,30-31,44-45H,12-17,20-22,24H2,1H3,(H,47,49)(H,50,51)/t27-,30+,31-/m0/s1. The highest BCUT2D eigenvalue weighted by molar-refractivity contribution is 6.36. The zero-order chi connectivity index (χ0) is 36.2. The number of aromatic nitrogens is 2. The fourth-order valence-corrected chi connectivity index (χ4v) is 8.08. The third-order valence-corrected chi connectivity index (χ3v) is 11.2. The summed E-state index contributed by atoms with van der Waals surface area (Å²) in [6.45, 7) is 2.53. The van der Waals surface area contributed by atoms with Crippen molar-refractivity contribution < 1.29 is 19.4 Å². The molecule has 1 amide bonds. The molecule has 0 spiro atoms. The second-order valence-corrected chi connectivity index (χ2v) is 14.6. The zero-order valence-electron chi connectivity index (χ0n) is 29.1. The van der Waals surface area contributed by atoms with Crippen LogP contribution < -0.4 is 20.7 Å². The molecule has 0 bridgehead atoms. The second-order valence-electron chi connectivity index (χ2n) is 13.9. The smallest absolute Gasteiger partial charge is 0.306 e. The van der Waals surface area contributed by atoms with Gasteiger partial charge >= 0.3 is 5.97 Å². The Hall–Kier alpha value is -4.41. The molecule has 4 N–H and O–H groups in total. The molecular weight excluding hydrogens is 697 g/mol. The molecule has 1 aromatic heterocycles. The molecule has 11 heteroatoms. The van der Waals surface area contributed by atoms with Crippen LogP contribution in [0, 0.1) is 5.92 Å². The van der Waals surface area contributed by atoms with Crippen LogP contribution in [0.4, 0.5) is 0 Å². The van der Waals surface area contributed by atoms with E-state index >= 15 is 0 Å². The summed E-state index contributed by atoms with van der Waals surface area (Å²) in [6, 6.07) is 25.1. The van der Waals surface area contributed by atoms with Gasteiger partial charge < -0.3 is 25.8 Å². The van der Waals surface area contributed by atoms with Gasteiger partial charge in [-0.15, -0.1) is 0 Å². The van der Waals surface area contributed by atoms with Crippen molar-refractivity contribution in [3.05, 3.63) is 106 Å². The molecule has 9 nitrogen and oxygen atoms in total. The zero-order valence-corrected chi connectivity index (χ0v) is 30.6. The number of halogens is 2. The SMILES string of the molecule is COc1cc(Cn2ncc3c(-c4cccc(-c5ccc(CNC[C@@H]6CCC(=O)N6)cc5)c4Cl)cccc32)c(Cl)cc1CN[C@H]1CC[C@@H](C(=O)O)CC1. The van der Waals surface area contributed by atoms with Crippen LogP contribution in [0.25, 0.3) is 33.2 Å². The highest BCUT2D eigenvalue weighted by Crippen LogP contribution is 2.39. The number of carbonyl (C=O) groups excluding carboxylic acids is 1. The molecule has 0 radical (unpaired) electrons. The number of ether oxygens (including phenoxy) is 1. The van der Waals surface area contributed by atoms with Crippen molar-refractivity contribution in [2.75, 3.05) is 13.7 Å². The summed E-state index contributed by atoms with van der Waals surface area (Å²) >= 11 is 14.0. The van der Waals surface area contributed by atoms with E-state index in [4.69, 9.17) is 33.0 Å². The fraction of sp³-hybridized carbons (Fsp3) is 0.341. The Morgan fingerprint density at radius 1 is 0.942 bits per heavy atom. The minimum absolute atomic E-state index is 0.133. The van der Waals surface area contributed by atoms with Crippen molar-refractivity contribution in [3.63, 3.8) is 0 Å². The number of nitrogens with zero attached hydrogens (tertiary/aromatic N) is 2. The lowest BCUT2D eigenvalue weighted by atomic mass is 9.86. The van der Waals surface area contributed by atoms with Crippen molar-refractivity contribution in [2.45, 2.75) is 70.2 Å². The number of hydrogen-bond donors (Lipinski definition) is 4. The van der Waals surface area contributed by atoms with E-state index in [1.165, 1.54) is 5.56 Å². The van der Waals surface area contributed by atoms with E-state index in [1.54, 1.807) is 7.11 Å². The lowest BCUT2D eigenvalue weighted by molar-refractivity contribution is -0.142. The highest BCUT2D eigenvalue weighted by atomic mass is 35.5. The van der Waals surface area contributed by atoms with Crippen molar-refractivity contribution in [1.82, 2.24) is 25.7 Å². The number of fused-ring (bicyclic) bond motifs is 1. The topological polar surface area (TPSA) is 118 Å². The van der Waals surface area contributed by atoms with E-state index in [1.807, 2.05) is 47.3 Å². The Morgan fingerprint density at radius 2 is 1.69 bits per heavy atom. The van der Waals surface area contributed by atoms with Crippen LogP contribution >= 0.6 is 23.2 Å². The summed E-state index contributed by atoms with van der Waals surface area (Å²) in [5, 5.41) is 26.4. The molecule has 2 heterocycles. The first-order valence-electron chi connectivity index (χ1n) is 17.9. The number of hydrogen-bond acceptors (Lipinski definition) is 6. The van der Waals surface area contributed by atoms with Crippen LogP contribution in [-0.2, 0) is 29.2 Å². The van der Waals surface area contributed by atoms with E-state index in [0.717, 1.165) is 82.4 Å². The van der Waals surface area contributed by atoms with Gasteiger partial charge in [0.1, 0.15) is 5.75 Å². The Morgan fingerprint density at radius 3 is 2.42 bits per heavy atom. The molecule has 1 saturated carbocycles. The van der Waals surface area contributed by atoms with Crippen LogP contribution in [0.5, 0.6) is 5.75 Å². The molecule has 2 fully saturated rings.